The Labute approximate surface area is 198 Å². The molecule has 0 atom stereocenters. The van der Waals surface area contributed by atoms with E-state index in [9.17, 15) is 9.18 Å². The van der Waals surface area contributed by atoms with Crippen LogP contribution in [-0.2, 0) is 14.9 Å². The fourth-order valence-corrected chi connectivity index (χ4v) is 4.32. The molecular weight excluding hydrogens is 441 g/mol. The molecule has 3 rings (SSSR count). The quantitative estimate of drug-likeness (QED) is 0.195. The molecule has 3 N–H and O–H groups in total. The number of nitrogens with zero attached hydrogens (tertiary/aromatic N) is 1. The maximum absolute atomic E-state index is 14.6. The second-order valence-corrected chi connectivity index (χ2v) is 9.54. The minimum atomic E-state index is -0.437. The average Bonchev–Trinajstić information content (AvgIpc) is 2.84. The fraction of sp³-hybridized carbons (Fsp3) is 0.360. The molecule has 0 unspecified atom stereocenters. The number of rotatable bonds is 7. The van der Waals surface area contributed by atoms with E-state index in [1.807, 2.05) is 23.1 Å². The zero-order valence-electron chi connectivity index (χ0n) is 19.2. The molecule has 0 spiro atoms. The van der Waals surface area contributed by atoms with Gasteiger partial charge in [0.25, 0.3) is 0 Å². The molecular formula is C25H30FN3O3S. The molecule has 2 aromatic carbocycles. The number of carbonyl (C=O) groups excluding carboxylic acids is 1. The number of ether oxygens (including phenoxy) is 1. The normalized spacial score (nSPS) is 14.8. The van der Waals surface area contributed by atoms with Gasteiger partial charge in [-0.1, -0.05) is 32.9 Å². The summed E-state index contributed by atoms with van der Waals surface area (Å²) in [6.45, 7) is 8.62. The van der Waals surface area contributed by atoms with E-state index in [4.69, 9.17) is 20.9 Å². The number of halogens is 1. The van der Waals surface area contributed by atoms with Crippen LogP contribution in [0.15, 0.2) is 41.3 Å². The second kappa shape index (κ2) is 11.0. The van der Waals surface area contributed by atoms with Crippen LogP contribution in [0.4, 0.5) is 4.39 Å². The number of amidine groups is 1. The molecule has 1 aliphatic rings. The smallest absolute Gasteiger partial charge is 0.161 e. The molecule has 1 heterocycles. The van der Waals surface area contributed by atoms with Crippen molar-refractivity contribution in [3.8, 4) is 16.9 Å². The molecule has 1 saturated heterocycles. The van der Waals surface area contributed by atoms with E-state index >= 15 is 0 Å². The molecule has 0 aliphatic carbocycles. The van der Waals surface area contributed by atoms with Gasteiger partial charge in [-0.15, -0.1) is 0 Å². The Balaban J connectivity index is 1.92. The summed E-state index contributed by atoms with van der Waals surface area (Å²) in [6, 6.07) is 10.5. The topological polar surface area (TPSA) is 88.6 Å². The van der Waals surface area contributed by atoms with Gasteiger partial charge in [0.15, 0.2) is 17.2 Å². The Morgan fingerprint density at radius 2 is 1.91 bits per heavy atom. The van der Waals surface area contributed by atoms with Crippen molar-refractivity contribution in [1.29, 1.82) is 5.41 Å². The number of thioether (sulfide) groups is 1. The predicted octanol–water partition coefficient (Wildman–Crippen LogP) is 4.97. The van der Waals surface area contributed by atoms with Crippen LogP contribution in [0.5, 0.6) is 5.75 Å². The summed E-state index contributed by atoms with van der Waals surface area (Å²) < 4.78 is 19.9. The van der Waals surface area contributed by atoms with E-state index in [-0.39, 0.29) is 21.1 Å². The summed E-state index contributed by atoms with van der Waals surface area (Å²) in [5.74, 6) is 5.65. The van der Waals surface area contributed by atoms with Crippen LogP contribution in [0.2, 0.25) is 0 Å². The zero-order valence-corrected chi connectivity index (χ0v) is 20.0. The van der Waals surface area contributed by atoms with Crippen LogP contribution < -0.4 is 10.7 Å². The molecule has 2 aromatic rings. The van der Waals surface area contributed by atoms with Gasteiger partial charge in [0, 0.05) is 24.2 Å². The Morgan fingerprint density at radius 3 is 2.55 bits per heavy atom. The van der Waals surface area contributed by atoms with Gasteiger partial charge in [-0.05, 0) is 65.1 Å². The molecule has 33 heavy (non-hydrogen) atoms. The number of carbonyl (C=O) groups is 1. The highest BCUT2D eigenvalue weighted by atomic mass is 32.2. The number of nitrogens with one attached hydrogen (secondary N) is 1. The number of aldehydes is 1. The standard InChI is InChI=1S/C25H30FN3O3S/c1-4-25(2,3)21-15-18(6-8-23(21)32-28)17-5-7-22(26)19(13-17)14-20(16-30)33-24(27)29-9-11-31-12-10-29/h5-8,13-16,27H,4,9-12,28H2,1-3H3/b20-14-,27-24?. The van der Waals surface area contributed by atoms with Gasteiger partial charge < -0.3 is 14.5 Å². The summed E-state index contributed by atoms with van der Waals surface area (Å²) in [5.41, 5.74) is 2.79. The number of hydrogen-bond acceptors (Lipinski definition) is 6. The SMILES string of the molecule is CCC(C)(C)c1cc(-c2ccc(F)c(/C=C(/C=O)SC(=N)N3CCOCC3)c2)ccc1ON. The van der Waals surface area contributed by atoms with E-state index in [2.05, 4.69) is 20.8 Å². The first kappa shape index (κ1) is 25.0. The van der Waals surface area contributed by atoms with Gasteiger partial charge in [0.2, 0.25) is 0 Å². The maximum Gasteiger partial charge on any atom is 0.161 e. The van der Waals surface area contributed by atoms with Crippen molar-refractivity contribution >= 4 is 29.3 Å². The van der Waals surface area contributed by atoms with E-state index < -0.39 is 5.82 Å². The number of nitrogens with two attached hydrogens (primary N) is 1. The third kappa shape index (κ3) is 6.01. The van der Waals surface area contributed by atoms with Crippen molar-refractivity contribution < 1.29 is 18.8 Å². The highest BCUT2D eigenvalue weighted by Gasteiger charge is 2.23. The summed E-state index contributed by atoms with van der Waals surface area (Å²) >= 11 is 1.02. The van der Waals surface area contributed by atoms with Crippen LogP contribution in [0.3, 0.4) is 0 Å². The Hall–Kier alpha value is -2.68. The Kier molecular flexibility index (Phi) is 8.29. The van der Waals surface area contributed by atoms with Crippen molar-refractivity contribution in [1.82, 2.24) is 4.90 Å². The van der Waals surface area contributed by atoms with Crippen LogP contribution in [0, 0.1) is 11.2 Å². The highest BCUT2D eigenvalue weighted by Crippen LogP contribution is 2.37. The highest BCUT2D eigenvalue weighted by molar-refractivity contribution is 8.17. The molecule has 0 radical (unpaired) electrons. The first-order chi connectivity index (χ1) is 15.8. The lowest BCUT2D eigenvalue weighted by Crippen LogP contribution is -2.39. The van der Waals surface area contributed by atoms with Gasteiger partial charge in [-0.25, -0.2) is 4.39 Å². The molecule has 1 aliphatic heterocycles. The summed E-state index contributed by atoms with van der Waals surface area (Å²) in [5, 5.41) is 8.52. The summed E-state index contributed by atoms with van der Waals surface area (Å²) in [7, 11) is 0. The minimum Gasteiger partial charge on any atom is -0.411 e. The van der Waals surface area contributed by atoms with Gasteiger partial charge >= 0.3 is 0 Å². The number of allylic oxidation sites excluding steroid dienone is 1. The number of morpholine rings is 1. The summed E-state index contributed by atoms with van der Waals surface area (Å²) in [6.07, 6.45) is 3.03. The van der Waals surface area contributed by atoms with E-state index in [1.165, 1.54) is 12.1 Å². The molecule has 0 saturated carbocycles. The van der Waals surface area contributed by atoms with Gasteiger partial charge in [0.05, 0.1) is 18.1 Å². The largest absolute Gasteiger partial charge is 0.411 e. The van der Waals surface area contributed by atoms with Crippen molar-refractivity contribution in [2.75, 3.05) is 26.3 Å². The van der Waals surface area contributed by atoms with Crippen LogP contribution in [-0.4, -0.2) is 42.7 Å². The number of hydrogen-bond donors (Lipinski definition) is 2. The van der Waals surface area contributed by atoms with Crippen molar-refractivity contribution in [2.45, 2.75) is 32.6 Å². The maximum atomic E-state index is 14.6. The first-order valence-electron chi connectivity index (χ1n) is 10.9. The average molecular weight is 472 g/mol. The molecule has 0 bridgehead atoms. The molecule has 8 heteroatoms. The zero-order chi connectivity index (χ0) is 24.0. The third-order valence-corrected chi connectivity index (χ3v) is 6.88. The predicted molar refractivity (Wildman–Crippen MR) is 132 cm³/mol. The number of benzene rings is 2. The van der Waals surface area contributed by atoms with Crippen molar-refractivity contribution in [2.24, 2.45) is 5.90 Å². The lowest BCUT2D eigenvalue weighted by molar-refractivity contribution is -0.104. The van der Waals surface area contributed by atoms with E-state index in [0.717, 1.165) is 34.9 Å². The first-order valence-corrected chi connectivity index (χ1v) is 11.7. The Morgan fingerprint density at radius 1 is 1.24 bits per heavy atom. The van der Waals surface area contributed by atoms with E-state index in [1.54, 1.807) is 12.1 Å². The van der Waals surface area contributed by atoms with Gasteiger partial charge in [0.1, 0.15) is 5.82 Å². The van der Waals surface area contributed by atoms with Gasteiger partial charge in [-0.2, -0.15) is 5.90 Å². The lowest BCUT2D eigenvalue weighted by Gasteiger charge is -2.28. The van der Waals surface area contributed by atoms with Crippen LogP contribution in [0.25, 0.3) is 17.2 Å². The molecule has 0 amide bonds. The monoisotopic (exact) mass is 471 g/mol. The van der Waals surface area contributed by atoms with Crippen LogP contribution >= 0.6 is 11.8 Å². The van der Waals surface area contributed by atoms with E-state index in [0.29, 0.717) is 38.3 Å². The summed E-state index contributed by atoms with van der Waals surface area (Å²) in [4.78, 5) is 18.9. The molecule has 1 fully saturated rings. The van der Waals surface area contributed by atoms with Gasteiger partial charge in [-0.3, -0.25) is 10.2 Å². The third-order valence-electron chi connectivity index (χ3n) is 5.98. The minimum absolute atomic E-state index is 0.158. The van der Waals surface area contributed by atoms with Crippen molar-refractivity contribution in [3.05, 3.63) is 58.2 Å². The molecule has 176 valence electrons. The van der Waals surface area contributed by atoms with Crippen molar-refractivity contribution in [3.63, 3.8) is 0 Å². The second-order valence-electron chi connectivity index (χ2n) is 8.47. The fourth-order valence-electron chi connectivity index (χ4n) is 3.55. The molecule has 6 nitrogen and oxygen atoms in total. The Bertz CT molecular complexity index is 1050. The van der Waals surface area contributed by atoms with Crippen LogP contribution in [0.1, 0.15) is 38.3 Å². The lowest BCUT2D eigenvalue weighted by atomic mass is 9.80. The molecule has 0 aromatic heterocycles.